The summed E-state index contributed by atoms with van der Waals surface area (Å²) in [4.78, 5) is 14.5. The number of halogens is 1. The predicted octanol–water partition coefficient (Wildman–Crippen LogP) is 1.39. The first-order valence-electron chi connectivity index (χ1n) is 3.85. The fourth-order valence-corrected chi connectivity index (χ4v) is 1.41. The van der Waals surface area contributed by atoms with E-state index in [-0.39, 0.29) is 11.0 Å². The zero-order valence-electron chi connectivity index (χ0n) is 7.23. The number of aromatic carboxylic acids is 1. The second-order valence-corrected chi connectivity index (χ2v) is 3.14. The van der Waals surface area contributed by atoms with E-state index in [1.807, 2.05) is 6.92 Å². The van der Waals surface area contributed by atoms with Gasteiger partial charge < -0.3 is 5.11 Å². The van der Waals surface area contributed by atoms with Gasteiger partial charge in [-0.1, -0.05) is 0 Å². The van der Waals surface area contributed by atoms with E-state index in [2.05, 4.69) is 10.1 Å². The number of hydrogen-bond acceptors (Lipinski definition) is 3. The van der Waals surface area contributed by atoms with Crippen LogP contribution in [0.1, 0.15) is 16.2 Å². The fourth-order valence-electron chi connectivity index (χ4n) is 1.25. The molecule has 0 aliphatic heterocycles. The third-order valence-corrected chi connectivity index (χ3v) is 2.04. The molecule has 0 radical (unpaired) electrons. The Balaban J connectivity index is 2.88. The molecule has 0 unspecified atom stereocenters. The minimum atomic E-state index is -1.11. The summed E-state index contributed by atoms with van der Waals surface area (Å²) in [6.07, 6.45) is 0. The molecule has 2 rings (SSSR count). The molecule has 5 nitrogen and oxygen atoms in total. The highest BCUT2D eigenvalue weighted by atomic mass is 35.5. The van der Waals surface area contributed by atoms with Crippen LogP contribution < -0.4 is 0 Å². The summed E-state index contributed by atoms with van der Waals surface area (Å²) in [5.41, 5.74) is 1.17. The molecule has 0 aromatic carbocycles. The van der Waals surface area contributed by atoms with Crippen LogP contribution in [0, 0.1) is 6.92 Å². The van der Waals surface area contributed by atoms with E-state index in [4.69, 9.17) is 16.7 Å². The SMILES string of the molecule is Cc1ccc2c(C(=O)O)nc(Cl)nn12. The van der Waals surface area contributed by atoms with Crippen molar-refractivity contribution >= 4 is 23.1 Å². The molecular formula is C8H6ClN3O2. The molecule has 0 bridgehead atoms. The summed E-state index contributed by atoms with van der Waals surface area (Å²) in [6, 6.07) is 3.40. The molecule has 0 saturated heterocycles. The minimum Gasteiger partial charge on any atom is -0.476 e. The van der Waals surface area contributed by atoms with Gasteiger partial charge in [0, 0.05) is 5.69 Å². The molecule has 2 aromatic rings. The number of carboxylic acids is 1. The van der Waals surface area contributed by atoms with Crippen molar-refractivity contribution in [1.29, 1.82) is 0 Å². The average molecular weight is 212 g/mol. The van der Waals surface area contributed by atoms with Gasteiger partial charge in [0.25, 0.3) is 0 Å². The maximum atomic E-state index is 10.8. The van der Waals surface area contributed by atoms with Crippen molar-refractivity contribution in [3.63, 3.8) is 0 Å². The first-order valence-corrected chi connectivity index (χ1v) is 4.22. The van der Waals surface area contributed by atoms with Crippen LogP contribution in [-0.4, -0.2) is 25.7 Å². The number of hydrogen-bond donors (Lipinski definition) is 1. The Hall–Kier alpha value is -1.62. The van der Waals surface area contributed by atoms with E-state index in [0.717, 1.165) is 5.69 Å². The number of carbonyl (C=O) groups is 1. The van der Waals surface area contributed by atoms with Crippen LogP contribution in [0.25, 0.3) is 5.52 Å². The van der Waals surface area contributed by atoms with Gasteiger partial charge >= 0.3 is 5.97 Å². The zero-order valence-corrected chi connectivity index (χ0v) is 7.99. The summed E-state index contributed by atoms with van der Waals surface area (Å²) in [5, 5.41) is 12.7. The Morgan fingerprint density at radius 2 is 2.29 bits per heavy atom. The normalized spacial score (nSPS) is 10.7. The van der Waals surface area contributed by atoms with Crippen LogP contribution >= 0.6 is 11.6 Å². The molecule has 0 aliphatic carbocycles. The molecule has 72 valence electrons. The monoisotopic (exact) mass is 211 g/mol. The summed E-state index contributed by atoms with van der Waals surface area (Å²) in [7, 11) is 0. The summed E-state index contributed by atoms with van der Waals surface area (Å²) in [5.74, 6) is -1.11. The Kier molecular flexibility index (Phi) is 1.89. The fraction of sp³-hybridized carbons (Fsp3) is 0.125. The minimum absolute atomic E-state index is 0.0748. The zero-order chi connectivity index (χ0) is 10.3. The first-order chi connectivity index (χ1) is 6.59. The highest BCUT2D eigenvalue weighted by molar-refractivity contribution is 6.28. The second kappa shape index (κ2) is 2.95. The smallest absolute Gasteiger partial charge is 0.356 e. The van der Waals surface area contributed by atoms with Crippen LogP contribution in [0.2, 0.25) is 5.28 Å². The Morgan fingerprint density at radius 3 is 2.93 bits per heavy atom. The van der Waals surface area contributed by atoms with Crippen molar-refractivity contribution in [1.82, 2.24) is 14.6 Å². The van der Waals surface area contributed by atoms with Gasteiger partial charge in [0.05, 0.1) is 5.52 Å². The van der Waals surface area contributed by atoms with Crippen molar-refractivity contribution in [2.45, 2.75) is 6.92 Å². The number of aryl methyl sites for hydroxylation is 1. The van der Waals surface area contributed by atoms with Crippen molar-refractivity contribution in [3.05, 3.63) is 28.8 Å². The van der Waals surface area contributed by atoms with E-state index in [0.29, 0.717) is 5.52 Å². The molecular weight excluding hydrogens is 206 g/mol. The number of aromatic nitrogens is 3. The maximum Gasteiger partial charge on any atom is 0.356 e. The summed E-state index contributed by atoms with van der Waals surface area (Å²) in [6.45, 7) is 1.81. The third-order valence-electron chi connectivity index (χ3n) is 1.88. The lowest BCUT2D eigenvalue weighted by Gasteiger charge is -2.00. The van der Waals surface area contributed by atoms with E-state index < -0.39 is 5.97 Å². The van der Waals surface area contributed by atoms with Crippen molar-refractivity contribution in [2.75, 3.05) is 0 Å². The third kappa shape index (κ3) is 1.22. The van der Waals surface area contributed by atoms with E-state index in [1.165, 1.54) is 4.52 Å². The molecule has 0 spiro atoms. The molecule has 14 heavy (non-hydrogen) atoms. The highest BCUT2D eigenvalue weighted by Crippen LogP contribution is 2.13. The lowest BCUT2D eigenvalue weighted by Crippen LogP contribution is -2.07. The van der Waals surface area contributed by atoms with E-state index in [1.54, 1.807) is 12.1 Å². The summed E-state index contributed by atoms with van der Waals surface area (Å²) < 4.78 is 1.46. The summed E-state index contributed by atoms with van der Waals surface area (Å²) >= 11 is 5.59. The van der Waals surface area contributed by atoms with Gasteiger partial charge in [0.1, 0.15) is 0 Å². The molecule has 2 aromatic heterocycles. The van der Waals surface area contributed by atoms with Crippen LogP contribution in [0.5, 0.6) is 0 Å². The molecule has 0 aliphatic rings. The molecule has 1 N–H and O–H groups in total. The predicted molar refractivity (Wildman–Crippen MR) is 49.7 cm³/mol. The first kappa shape index (κ1) is 8.96. The Morgan fingerprint density at radius 1 is 1.57 bits per heavy atom. The van der Waals surface area contributed by atoms with Gasteiger partial charge in [-0.2, -0.15) is 0 Å². The van der Waals surface area contributed by atoms with Gasteiger partial charge in [-0.25, -0.2) is 14.3 Å². The van der Waals surface area contributed by atoms with Gasteiger partial charge in [-0.3, -0.25) is 0 Å². The van der Waals surface area contributed by atoms with Gasteiger partial charge in [0.2, 0.25) is 5.28 Å². The Bertz CT molecular complexity index is 521. The molecule has 0 atom stereocenters. The molecule has 0 saturated carbocycles. The van der Waals surface area contributed by atoms with Crippen molar-refractivity contribution in [3.8, 4) is 0 Å². The molecule has 2 heterocycles. The quantitative estimate of drug-likeness (QED) is 0.774. The standard InChI is InChI=1S/C8H6ClN3O2/c1-4-2-3-5-6(7(13)14)10-8(9)11-12(4)5/h2-3H,1H3,(H,13,14). The van der Waals surface area contributed by atoms with Gasteiger partial charge in [-0.15, -0.1) is 5.10 Å². The van der Waals surface area contributed by atoms with E-state index in [9.17, 15) is 4.79 Å². The lowest BCUT2D eigenvalue weighted by atomic mass is 10.4. The largest absolute Gasteiger partial charge is 0.476 e. The van der Waals surface area contributed by atoms with Gasteiger partial charge in [0.15, 0.2) is 5.69 Å². The topological polar surface area (TPSA) is 67.5 Å². The van der Waals surface area contributed by atoms with Crippen LogP contribution in [-0.2, 0) is 0 Å². The molecule has 6 heteroatoms. The van der Waals surface area contributed by atoms with Crippen LogP contribution in [0.15, 0.2) is 12.1 Å². The maximum absolute atomic E-state index is 10.8. The average Bonchev–Trinajstić information content (AvgIpc) is 2.47. The van der Waals surface area contributed by atoms with Gasteiger partial charge in [-0.05, 0) is 30.7 Å². The molecule has 0 fully saturated rings. The van der Waals surface area contributed by atoms with Crippen molar-refractivity contribution in [2.24, 2.45) is 0 Å². The van der Waals surface area contributed by atoms with Crippen LogP contribution in [0.3, 0.4) is 0 Å². The lowest BCUT2D eigenvalue weighted by molar-refractivity contribution is 0.0692. The number of carboxylic acid groups (broad SMARTS) is 1. The number of nitrogens with zero attached hydrogens (tertiary/aromatic N) is 3. The molecule has 0 amide bonds. The van der Waals surface area contributed by atoms with Crippen LogP contribution in [0.4, 0.5) is 0 Å². The van der Waals surface area contributed by atoms with Crippen molar-refractivity contribution < 1.29 is 9.90 Å². The number of rotatable bonds is 1. The second-order valence-electron chi connectivity index (χ2n) is 2.81. The van der Waals surface area contributed by atoms with E-state index >= 15 is 0 Å². The highest BCUT2D eigenvalue weighted by Gasteiger charge is 2.14. The Labute approximate surface area is 83.9 Å². The number of fused-ring (bicyclic) bond motifs is 1.